The van der Waals surface area contributed by atoms with Crippen molar-refractivity contribution in [1.29, 1.82) is 0 Å². The minimum absolute atomic E-state index is 0.0742. The van der Waals surface area contributed by atoms with Crippen LogP contribution in [-0.4, -0.2) is 74.7 Å². The second kappa shape index (κ2) is 10.1. The molecule has 1 aromatic heterocycles. The molecule has 5 rings (SSSR count). The van der Waals surface area contributed by atoms with Crippen LogP contribution in [0.3, 0.4) is 0 Å². The quantitative estimate of drug-likeness (QED) is 0.692. The first-order valence-electron chi connectivity index (χ1n) is 11.8. The fourth-order valence-electron chi connectivity index (χ4n) is 5.25. The number of amides is 1. The van der Waals surface area contributed by atoms with Crippen molar-refractivity contribution in [3.05, 3.63) is 23.4 Å². The summed E-state index contributed by atoms with van der Waals surface area (Å²) in [4.78, 5) is 19.3. The third-order valence-corrected chi connectivity index (χ3v) is 7.52. The summed E-state index contributed by atoms with van der Waals surface area (Å²) in [7, 11) is -3.42. The highest BCUT2D eigenvalue weighted by molar-refractivity contribution is 7.88. The summed E-state index contributed by atoms with van der Waals surface area (Å²) in [6.45, 7) is 4.85. The average molecular weight is 482 g/mol. The Kier molecular flexibility index (Phi) is 7.45. The maximum Gasteiger partial charge on any atom is 0.410 e. The molecule has 3 unspecified atom stereocenters. The molecule has 0 spiro atoms. The molecule has 3 atom stereocenters. The molecule has 184 valence electrons. The lowest BCUT2D eigenvalue weighted by atomic mass is 9.84. The number of aromatic nitrogens is 1. The Balaban J connectivity index is 1.53. The molecule has 9 nitrogen and oxygen atoms in total. The topological polar surface area (TPSA) is 107 Å². The van der Waals surface area contributed by atoms with Gasteiger partial charge in [0.1, 0.15) is 0 Å². The van der Waals surface area contributed by atoms with Crippen LogP contribution in [0.4, 0.5) is 4.79 Å². The van der Waals surface area contributed by atoms with Gasteiger partial charge in [0.2, 0.25) is 15.9 Å². The van der Waals surface area contributed by atoms with Crippen LogP contribution < -0.4 is 9.46 Å². The fourth-order valence-corrected chi connectivity index (χ4v) is 6.05. The summed E-state index contributed by atoms with van der Waals surface area (Å²) in [5.41, 5.74) is 2.18. The molecule has 2 fully saturated rings. The van der Waals surface area contributed by atoms with Gasteiger partial charge < -0.3 is 14.2 Å². The Morgan fingerprint density at radius 3 is 2.58 bits per heavy atom. The maximum absolute atomic E-state index is 12.9. The van der Waals surface area contributed by atoms with Gasteiger partial charge in [-0.2, -0.15) is 0 Å². The van der Waals surface area contributed by atoms with E-state index in [1.807, 2.05) is 19.9 Å². The van der Waals surface area contributed by atoms with Gasteiger partial charge in [-0.1, -0.05) is 0 Å². The number of fused-ring (bicyclic) bond motifs is 8. The van der Waals surface area contributed by atoms with E-state index >= 15 is 0 Å². The van der Waals surface area contributed by atoms with Crippen molar-refractivity contribution >= 4 is 16.1 Å². The molecule has 0 radical (unpaired) electrons. The largest absolute Gasteiger partial charge is 0.478 e. The Morgan fingerprint density at radius 1 is 1.12 bits per heavy atom. The SMILES string of the molecule is Cc1cc2nc(c1)C1CCC(CC1)OCC1C(NS(C)(=O)=O)CC(C)N1C(=O)OCCCO2. The molecule has 4 heterocycles. The molecule has 1 aromatic rings. The van der Waals surface area contributed by atoms with Crippen LogP contribution >= 0.6 is 0 Å². The van der Waals surface area contributed by atoms with E-state index in [1.54, 1.807) is 4.90 Å². The third kappa shape index (κ3) is 6.16. The average Bonchev–Trinajstić information content (AvgIpc) is 3.04. The van der Waals surface area contributed by atoms with Gasteiger partial charge in [0, 0.05) is 36.2 Å². The lowest BCUT2D eigenvalue weighted by Gasteiger charge is -2.33. The summed E-state index contributed by atoms with van der Waals surface area (Å²) >= 11 is 0. The predicted octanol–water partition coefficient (Wildman–Crippen LogP) is 2.73. The molecule has 1 amide bonds. The number of carbonyl (C=O) groups excluding carboxylic acids is 1. The minimum atomic E-state index is -3.42. The number of nitrogens with one attached hydrogen (secondary N) is 1. The van der Waals surface area contributed by atoms with E-state index in [0.717, 1.165) is 43.2 Å². The molecule has 0 aromatic carbocycles. The molecule has 1 N–H and O–H groups in total. The van der Waals surface area contributed by atoms with Gasteiger partial charge in [0.05, 0.1) is 38.2 Å². The first-order valence-corrected chi connectivity index (χ1v) is 13.7. The van der Waals surface area contributed by atoms with E-state index in [4.69, 9.17) is 19.2 Å². The number of hydrogen-bond acceptors (Lipinski definition) is 7. The van der Waals surface area contributed by atoms with E-state index in [-0.39, 0.29) is 25.4 Å². The Labute approximate surface area is 196 Å². The van der Waals surface area contributed by atoms with Crippen LogP contribution in [0.2, 0.25) is 0 Å². The molecule has 1 aliphatic carbocycles. The van der Waals surface area contributed by atoms with Gasteiger partial charge in [-0.05, 0) is 57.6 Å². The summed E-state index contributed by atoms with van der Waals surface area (Å²) < 4.78 is 44.2. The second-order valence-electron chi connectivity index (χ2n) is 9.59. The van der Waals surface area contributed by atoms with Crippen molar-refractivity contribution in [3.63, 3.8) is 0 Å². The number of rotatable bonds is 2. The standard InChI is InChI=1S/C23H35N3O6S/c1-15-11-19-17-5-7-18(8-6-17)32-14-21-20(25-33(3,28)29)13-16(2)26(21)23(27)31-10-4-9-30-22(12-15)24-19/h11-12,16-18,20-21,25H,4-10,13-14H2,1-3H3. The first-order chi connectivity index (χ1) is 15.7. The van der Waals surface area contributed by atoms with Crippen molar-refractivity contribution in [2.24, 2.45) is 0 Å². The zero-order chi connectivity index (χ0) is 23.6. The Morgan fingerprint density at radius 2 is 1.85 bits per heavy atom. The molecule has 3 aliphatic heterocycles. The summed E-state index contributed by atoms with van der Waals surface area (Å²) in [6, 6.07) is 3.09. The van der Waals surface area contributed by atoms with E-state index in [9.17, 15) is 13.2 Å². The summed E-state index contributed by atoms with van der Waals surface area (Å²) in [5, 5.41) is 0. The Bertz CT molecular complexity index is 948. The van der Waals surface area contributed by atoms with Crippen molar-refractivity contribution in [1.82, 2.24) is 14.6 Å². The van der Waals surface area contributed by atoms with Crippen LogP contribution in [0.1, 0.15) is 62.6 Å². The number of ether oxygens (including phenoxy) is 3. The van der Waals surface area contributed by atoms with Crippen LogP contribution in [0.25, 0.3) is 0 Å². The number of nitrogens with zero attached hydrogens (tertiary/aromatic N) is 2. The molecule has 4 bridgehead atoms. The van der Waals surface area contributed by atoms with Gasteiger partial charge in [0.15, 0.2) is 0 Å². The number of aryl methyl sites for hydroxylation is 1. The lowest BCUT2D eigenvalue weighted by molar-refractivity contribution is -0.0107. The van der Waals surface area contributed by atoms with Crippen LogP contribution in [-0.2, 0) is 19.5 Å². The van der Waals surface area contributed by atoms with Crippen molar-refractivity contribution in [2.75, 3.05) is 26.1 Å². The number of pyridine rings is 1. The van der Waals surface area contributed by atoms with E-state index in [2.05, 4.69) is 10.8 Å². The van der Waals surface area contributed by atoms with Gasteiger partial charge in [-0.15, -0.1) is 0 Å². The van der Waals surface area contributed by atoms with E-state index in [1.165, 1.54) is 0 Å². The highest BCUT2D eigenvalue weighted by atomic mass is 32.2. The maximum atomic E-state index is 12.9. The molecular formula is C23H35N3O6S. The van der Waals surface area contributed by atoms with Crippen molar-refractivity contribution in [2.45, 2.75) is 82.5 Å². The number of hydrogen-bond donors (Lipinski definition) is 1. The first kappa shape index (κ1) is 24.2. The number of sulfonamides is 1. The molecule has 1 saturated carbocycles. The van der Waals surface area contributed by atoms with Crippen LogP contribution in [0, 0.1) is 6.92 Å². The molecular weight excluding hydrogens is 446 g/mol. The second-order valence-corrected chi connectivity index (χ2v) is 11.4. The van der Waals surface area contributed by atoms with E-state index < -0.39 is 28.2 Å². The number of carbonyl (C=O) groups is 1. The Hall–Kier alpha value is -1.91. The fraction of sp³-hybridized carbons (Fsp3) is 0.739. The normalized spacial score (nSPS) is 31.4. The lowest BCUT2D eigenvalue weighted by Crippen LogP contribution is -2.50. The van der Waals surface area contributed by atoms with E-state index in [0.29, 0.717) is 31.2 Å². The monoisotopic (exact) mass is 481 g/mol. The van der Waals surface area contributed by atoms with Gasteiger partial charge in [-0.3, -0.25) is 4.90 Å². The third-order valence-electron chi connectivity index (χ3n) is 6.79. The van der Waals surface area contributed by atoms with Crippen molar-refractivity contribution in [3.8, 4) is 5.88 Å². The minimum Gasteiger partial charge on any atom is -0.478 e. The molecule has 33 heavy (non-hydrogen) atoms. The highest BCUT2D eigenvalue weighted by Crippen LogP contribution is 2.35. The van der Waals surface area contributed by atoms with Crippen molar-refractivity contribution < 1.29 is 27.4 Å². The van der Waals surface area contributed by atoms with Crippen LogP contribution in [0.5, 0.6) is 5.88 Å². The van der Waals surface area contributed by atoms with Gasteiger partial charge in [-0.25, -0.2) is 22.9 Å². The predicted molar refractivity (Wildman–Crippen MR) is 123 cm³/mol. The molecule has 4 aliphatic rings. The molecule has 10 heteroatoms. The molecule has 1 saturated heterocycles. The summed E-state index contributed by atoms with van der Waals surface area (Å²) in [6.07, 6.45) is 5.56. The zero-order valence-electron chi connectivity index (χ0n) is 19.7. The zero-order valence-corrected chi connectivity index (χ0v) is 20.5. The van der Waals surface area contributed by atoms with Gasteiger partial charge in [0.25, 0.3) is 0 Å². The smallest absolute Gasteiger partial charge is 0.410 e. The summed E-state index contributed by atoms with van der Waals surface area (Å²) in [5.74, 6) is 0.984. The highest BCUT2D eigenvalue weighted by Gasteiger charge is 2.44. The van der Waals surface area contributed by atoms with Gasteiger partial charge >= 0.3 is 6.09 Å². The van der Waals surface area contributed by atoms with Crippen LogP contribution in [0.15, 0.2) is 12.1 Å².